The molecular formula is C39H59N3O7. The van der Waals surface area contributed by atoms with Crippen LogP contribution in [0.3, 0.4) is 0 Å². The van der Waals surface area contributed by atoms with Crippen molar-refractivity contribution in [2.45, 2.75) is 137 Å². The summed E-state index contributed by atoms with van der Waals surface area (Å²) in [6.07, 6.45) is 3.23. The maximum absolute atomic E-state index is 14.7. The zero-order chi connectivity index (χ0) is 36.9. The van der Waals surface area contributed by atoms with E-state index < -0.39 is 53.2 Å². The summed E-state index contributed by atoms with van der Waals surface area (Å²) < 4.78 is 11.2. The summed E-state index contributed by atoms with van der Waals surface area (Å²) in [5, 5.41) is 17.0. The molecule has 4 unspecified atom stereocenters. The zero-order valence-corrected chi connectivity index (χ0v) is 31.2. The standard InChI is InChI=1S/C39H59N3O7/c1-11-13-14-18-24-42(35(45)31(26(3)12-2)41-37(47)49-39(8,9)10)32(29-23-19-20-27(4)33(29)43)34(44)40-30(36(46)48-38(5,6)7)25-28-21-16-15-17-22-28/h15-17,19-23,26,30-32,43H,11-14,18,24-25H2,1-10H3,(H,40,44)(H,41,47). The summed E-state index contributed by atoms with van der Waals surface area (Å²) in [7, 11) is 0. The molecule has 2 aromatic rings. The van der Waals surface area contributed by atoms with E-state index in [2.05, 4.69) is 17.6 Å². The molecule has 4 atom stereocenters. The monoisotopic (exact) mass is 681 g/mol. The SMILES string of the molecule is CCCCCCN(C(=O)C(NC(=O)OC(C)(C)C)C(C)CC)C(C(=O)NC(Cc1ccccc1)C(=O)OC(C)(C)C)c1cccc(C)c1O. The zero-order valence-electron chi connectivity index (χ0n) is 31.2. The van der Waals surface area contributed by atoms with Gasteiger partial charge in [-0.05, 0) is 71.9 Å². The fourth-order valence-corrected chi connectivity index (χ4v) is 5.39. The van der Waals surface area contributed by atoms with Gasteiger partial charge in [-0.3, -0.25) is 9.59 Å². The Morgan fingerprint density at radius 3 is 2.04 bits per heavy atom. The molecule has 0 radical (unpaired) electrons. The number of aromatic hydroxyl groups is 1. The van der Waals surface area contributed by atoms with E-state index in [0.717, 1.165) is 24.8 Å². The number of nitrogens with zero attached hydrogens (tertiary/aromatic N) is 1. The smallest absolute Gasteiger partial charge is 0.408 e. The first-order valence-electron chi connectivity index (χ1n) is 17.5. The molecule has 49 heavy (non-hydrogen) atoms. The van der Waals surface area contributed by atoms with Crippen LogP contribution in [0, 0.1) is 12.8 Å². The van der Waals surface area contributed by atoms with Crippen molar-refractivity contribution in [2.24, 2.45) is 5.92 Å². The average molecular weight is 682 g/mol. The second-order valence-corrected chi connectivity index (χ2v) is 14.8. The van der Waals surface area contributed by atoms with Crippen molar-refractivity contribution < 1.29 is 33.8 Å². The van der Waals surface area contributed by atoms with Crippen molar-refractivity contribution in [2.75, 3.05) is 6.54 Å². The number of hydrogen-bond acceptors (Lipinski definition) is 7. The number of unbranched alkanes of at least 4 members (excludes halogenated alkanes) is 3. The lowest BCUT2D eigenvalue weighted by Gasteiger charge is -2.37. The Labute approximate surface area is 293 Å². The van der Waals surface area contributed by atoms with E-state index in [1.807, 2.05) is 44.2 Å². The summed E-state index contributed by atoms with van der Waals surface area (Å²) in [4.78, 5) is 57.4. The number of carbonyl (C=O) groups excluding carboxylic acids is 4. The second-order valence-electron chi connectivity index (χ2n) is 14.8. The van der Waals surface area contributed by atoms with Crippen LogP contribution >= 0.6 is 0 Å². The summed E-state index contributed by atoms with van der Waals surface area (Å²) in [6, 6.07) is 10.9. The molecule has 2 rings (SSSR count). The van der Waals surface area contributed by atoms with Crippen LogP contribution in [0.5, 0.6) is 5.75 Å². The third-order valence-electron chi connectivity index (χ3n) is 8.10. The van der Waals surface area contributed by atoms with E-state index in [4.69, 9.17) is 9.47 Å². The third-order valence-corrected chi connectivity index (χ3v) is 8.10. The van der Waals surface area contributed by atoms with Gasteiger partial charge in [-0.25, -0.2) is 9.59 Å². The van der Waals surface area contributed by atoms with Gasteiger partial charge in [0.05, 0.1) is 0 Å². The number of phenols is 1. The highest BCUT2D eigenvalue weighted by atomic mass is 16.6. The summed E-state index contributed by atoms with van der Waals surface area (Å²) >= 11 is 0. The fraction of sp³-hybridized carbons (Fsp3) is 0.590. The van der Waals surface area contributed by atoms with E-state index >= 15 is 0 Å². The molecule has 0 aromatic heterocycles. The highest BCUT2D eigenvalue weighted by Gasteiger charge is 2.40. The molecule has 0 aliphatic carbocycles. The number of benzene rings is 2. The molecule has 3 amide bonds. The molecule has 0 aliphatic rings. The molecule has 0 saturated heterocycles. The van der Waals surface area contributed by atoms with Gasteiger partial charge < -0.3 is 30.1 Å². The minimum absolute atomic E-state index is 0.133. The Hall–Kier alpha value is -4.08. The van der Waals surface area contributed by atoms with E-state index in [1.54, 1.807) is 66.7 Å². The molecule has 2 aromatic carbocycles. The lowest BCUT2D eigenvalue weighted by molar-refractivity contribution is -0.159. The normalized spacial score (nSPS) is 14.2. The first-order valence-corrected chi connectivity index (χ1v) is 17.5. The quantitative estimate of drug-likeness (QED) is 0.126. The molecular weight excluding hydrogens is 622 g/mol. The Kier molecular flexibility index (Phi) is 15.6. The number of nitrogens with one attached hydrogen (secondary N) is 2. The largest absolute Gasteiger partial charge is 0.507 e. The second kappa shape index (κ2) is 18.6. The number of phenolic OH excluding ortho intramolecular Hbond substituents is 1. The maximum Gasteiger partial charge on any atom is 0.408 e. The van der Waals surface area contributed by atoms with Gasteiger partial charge in [0.25, 0.3) is 0 Å². The summed E-state index contributed by atoms with van der Waals surface area (Å²) in [5.41, 5.74) is -0.0722. The van der Waals surface area contributed by atoms with E-state index in [9.17, 15) is 24.3 Å². The van der Waals surface area contributed by atoms with Crippen LogP contribution in [0.2, 0.25) is 0 Å². The van der Waals surface area contributed by atoms with Crippen molar-refractivity contribution in [1.82, 2.24) is 15.5 Å². The molecule has 272 valence electrons. The predicted molar refractivity (Wildman–Crippen MR) is 192 cm³/mol. The van der Waals surface area contributed by atoms with Crippen LogP contribution in [-0.4, -0.2) is 63.7 Å². The van der Waals surface area contributed by atoms with Crippen LogP contribution in [0.1, 0.15) is 117 Å². The first kappa shape index (κ1) is 41.1. The number of rotatable bonds is 16. The molecule has 3 N–H and O–H groups in total. The van der Waals surface area contributed by atoms with E-state index in [0.29, 0.717) is 18.4 Å². The minimum atomic E-state index is -1.33. The molecule has 0 bridgehead atoms. The van der Waals surface area contributed by atoms with Gasteiger partial charge in [-0.15, -0.1) is 0 Å². The van der Waals surface area contributed by atoms with Crippen LogP contribution in [0.4, 0.5) is 4.79 Å². The van der Waals surface area contributed by atoms with Crippen molar-refractivity contribution in [1.29, 1.82) is 0 Å². The van der Waals surface area contributed by atoms with E-state index in [-0.39, 0.29) is 30.2 Å². The Morgan fingerprint density at radius 1 is 0.837 bits per heavy atom. The number of para-hydroxylation sites is 1. The third kappa shape index (κ3) is 13.4. The molecule has 0 aliphatic heterocycles. The van der Waals surface area contributed by atoms with Gasteiger partial charge in [0.2, 0.25) is 11.8 Å². The molecule has 0 heterocycles. The van der Waals surface area contributed by atoms with Gasteiger partial charge in [0.15, 0.2) is 0 Å². The molecule has 0 spiro atoms. The number of aryl methyl sites for hydroxylation is 1. The molecule has 10 nitrogen and oxygen atoms in total. The number of amides is 3. The molecule has 10 heteroatoms. The van der Waals surface area contributed by atoms with Crippen LogP contribution in [-0.2, 0) is 30.3 Å². The summed E-state index contributed by atoms with van der Waals surface area (Å²) in [5.74, 6) is -2.22. The number of hydrogen-bond donors (Lipinski definition) is 3. The number of esters is 1. The Morgan fingerprint density at radius 2 is 1.47 bits per heavy atom. The van der Waals surface area contributed by atoms with Gasteiger partial charge in [-0.1, -0.05) is 95.0 Å². The van der Waals surface area contributed by atoms with Crippen LogP contribution in [0.25, 0.3) is 0 Å². The van der Waals surface area contributed by atoms with Gasteiger partial charge in [-0.2, -0.15) is 0 Å². The lowest BCUT2D eigenvalue weighted by atomic mass is 9.94. The van der Waals surface area contributed by atoms with E-state index in [1.165, 1.54) is 4.90 Å². The Balaban J connectivity index is 2.71. The minimum Gasteiger partial charge on any atom is -0.507 e. The highest BCUT2D eigenvalue weighted by molar-refractivity contribution is 5.94. The highest BCUT2D eigenvalue weighted by Crippen LogP contribution is 2.33. The molecule has 0 saturated carbocycles. The van der Waals surface area contributed by atoms with Crippen molar-refractivity contribution in [3.63, 3.8) is 0 Å². The van der Waals surface area contributed by atoms with Crippen molar-refractivity contribution in [3.05, 3.63) is 65.2 Å². The molecule has 0 fully saturated rings. The van der Waals surface area contributed by atoms with Crippen LogP contribution < -0.4 is 10.6 Å². The van der Waals surface area contributed by atoms with Crippen molar-refractivity contribution in [3.8, 4) is 5.75 Å². The number of alkyl carbamates (subject to hydrolysis) is 1. The predicted octanol–water partition coefficient (Wildman–Crippen LogP) is 7.16. The van der Waals surface area contributed by atoms with Gasteiger partial charge in [0, 0.05) is 18.5 Å². The number of carbonyl (C=O) groups is 4. The van der Waals surface area contributed by atoms with Crippen LogP contribution in [0.15, 0.2) is 48.5 Å². The van der Waals surface area contributed by atoms with Gasteiger partial charge in [0.1, 0.15) is 35.1 Å². The topological polar surface area (TPSA) is 134 Å². The van der Waals surface area contributed by atoms with Gasteiger partial charge >= 0.3 is 12.1 Å². The average Bonchev–Trinajstić information content (AvgIpc) is 3.01. The fourth-order valence-electron chi connectivity index (χ4n) is 5.39. The van der Waals surface area contributed by atoms with Crippen molar-refractivity contribution >= 4 is 23.9 Å². The first-order chi connectivity index (χ1) is 22.9. The Bertz CT molecular complexity index is 1380. The lowest BCUT2D eigenvalue weighted by Crippen LogP contribution is -2.56. The maximum atomic E-state index is 14.7. The number of ether oxygens (including phenoxy) is 2. The summed E-state index contributed by atoms with van der Waals surface area (Å²) in [6.45, 7) is 18.2.